The zero-order valence-electron chi connectivity index (χ0n) is 15.5. The van der Waals surface area contributed by atoms with Crippen LogP contribution in [-0.4, -0.2) is 30.7 Å². The highest BCUT2D eigenvalue weighted by Crippen LogP contribution is 2.22. The van der Waals surface area contributed by atoms with Gasteiger partial charge in [0.05, 0.1) is 0 Å². The summed E-state index contributed by atoms with van der Waals surface area (Å²) in [5.41, 5.74) is 3.11. The van der Waals surface area contributed by atoms with Crippen LogP contribution in [0.4, 0.5) is 5.69 Å². The van der Waals surface area contributed by atoms with Crippen molar-refractivity contribution < 1.29 is 9.59 Å². The maximum atomic E-state index is 11.9. The fraction of sp³-hybridized carbons (Fsp3) is 0.273. The molecule has 0 unspecified atom stereocenters. The van der Waals surface area contributed by atoms with Crippen molar-refractivity contribution in [1.29, 1.82) is 0 Å². The van der Waals surface area contributed by atoms with E-state index >= 15 is 0 Å². The van der Waals surface area contributed by atoms with Gasteiger partial charge in [-0.15, -0.1) is 11.8 Å². The maximum Gasteiger partial charge on any atom is 0.244 e. The van der Waals surface area contributed by atoms with E-state index in [-0.39, 0.29) is 11.8 Å². The predicted molar refractivity (Wildman–Crippen MR) is 112 cm³/mol. The van der Waals surface area contributed by atoms with Gasteiger partial charge in [-0.25, -0.2) is 0 Å². The van der Waals surface area contributed by atoms with Crippen molar-refractivity contribution >= 4 is 35.3 Å². The number of anilines is 1. The molecule has 1 aliphatic heterocycles. The number of nitrogens with one attached hydrogen (secondary N) is 1. The molecule has 1 heterocycles. The third-order valence-corrected chi connectivity index (χ3v) is 5.41. The van der Waals surface area contributed by atoms with Crippen molar-refractivity contribution in [1.82, 2.24) is 5.32 Å². The van der Waals surface area contributed by atoms with Crippen LogP contribution in [0.25, 0.3) is 6.08 Å². The fourth-order valence-corrected chi connectivity index (χ4v) is 3.66. The standard InChI is InChI=1S/C22H24N2O2S/c1-17-4-11-20(12-5-17)27-16-14-23-21(25)13-8-18-6-9-19(10-7-18)24-15-2-3-22(24)26/h4-13H,2-3,14-16H2,1H3,(H,23,25)/b13-8+. The Morgan fingerprint density at radius 1 is 1.15 bits per heavy atom. The molecule has 2 aromatic carbocycles. The number of hydrogen-bond acceptors (Lipinski definition) is 3. The highest BCUT2D eigenvalue weighted by molar-refractivity contribution is 7.99. The number of amides is 2. The number of aryl methyl sites for hydroxylation is 1. The van der Waals surface area contributed by atoms with Crippen LogP contribution in [-0.2, 0) is 9.59 Å². The number of hydrogen-bond donors (Lipinski definition) is 1. The lowest BCUT2D eigenvalue weighted by Crippen LogP contribution is -2.23. The summed E-state index contributed by atoms with van der Waals surface area (Å²) in [6.07, 6.45) is 4.89. The zero-order valence-corrected chi connectivity index (χ0v) is 16.3. The number of rotatable bonds is 7. The van der Waals surface area contributed by atoms with Crippen molar-refractivity contribution in [2.24, 2.45) is 0 Å². The van der Waals surface area contributed by atoms with Gasteiger partial charge in [0.1, 0.15) is 0 Å². The predicted octanol–water partition coefficient (Wildman–Crippen LogP) is 4.04. The highest BCUT2D eigenvalue weighted by Gasteiger charge is 2.21. The Balaban J connectivity index is 1.41. The molecule has 140 valence electrons. The summed E-state index contributed by atoms with van der Waals surface area (Å²) in [5.74, 6) is 0.917. The number of nitrogens with zero attached hydrogens (tertiary/aromatic N) is 1. The Morgan fingerprint density at radius 2 is 1.89 bits per heavy atom. The van der Waals surface area contributed by atoms with Gasteiger partial charge in [-0.05, 0) is 49.2 Å². The molecule has 5 heteroatoms. The van der Waals surface area contributed by atoms with E-state index in [1.807, 2.05) is 29.2 Å². The van der Waals surface area contributed by atoms with E-state index in [1.54, 1.807) is 23.9 Å². The first kappa shape index (κ1) is 19.2. The van der Waals surface area contributed by atoms with Gasteiger partial charge in [-0.3, -0.25) is 9.59 Å². The number of carbonyl (C=O) groups excluding carboxylic acids is 2. The Kier molecular flexibility index (Phi) is 6.71. The first-order chi connectivity index (χ1) is 13.1. The molecular weight excluding hydrogens is 356 g/mol. The topological polar surface area (TPSA) is 49.4 Å². The van der Waals surface area contributed by atoms with Crippen LogP contribution < -0.4 is 10.2 Å². The van der Waals surface area contributed by atoms with Gasteiger partial charge < -0.3 is 10.2 Å². The number of carbonyl (C=O) groups is 2. The zero-order chi connectivity index (χ0) is 19.1. The lowest BCUT2D eigenvalue weighted by Gasteiger charge is -2.15. The fourth-order valence-electron chi connectivity index (χ4n) is 2.89. The minimum absolute atomic E-state index is 0.0988. The summed E-state index contributed by atoms with van der Waals surface area (Å²) in [4.78, 5) is 26.7. The highest BCUT2D eigenvalue weighted by atomic mass is 32.2. The molecule has 4 nitrogen and oxygen atoms in total. The molecule has 0 aromatic heterocycles. The summed E-state index contributed by atoms with van der Waals surface area (Å²) in [6.45, 7) is 3.48. The van der Waals surface area contributed by atoms with Crippen molar-refractivity contribution in [2.75, 3.05) is 23.7 Å². The smallest absolute Gasteiger partial charge is 0.244 e. The third kappa shape index (κ3) is 5.73. The second kappa shape index (κ2) is 9.42. The van der Waals surface area contributed by atoms with Crippen LogP contribution in [0.1, 0.15) is 24.0 Å². The molecule has 1 saturated heterocycles. The van der Waals surface area contributed by atoms with Crippen molar-refractivity contribution in [3.63, 3.8) is 0 Å². The molecule has 0 aliphatic carbocycles. The van der Waals surface area contributed by atoms with Crippen LogP contribution >= 0.6 is 11.8 Å². The normalized spacial score (nSPS) is 14.1. The lowest BCUT2D eigenvalue weighted by atomic mass is 10.2. The van der Waals surface area contributed by atoms with Gasteiger partial charge in [0.25, 0.3) is 0 Å². The number of benzene rings is 2. The Hall–Kier alpha value is -2.53. The molecule has 0 saturated carbocycles. The molecule has 0 bridgehead atoms. The summed E-state index contributed by atoms with van der Waals surface area (Å²) < 4.78 is 0. The molecule has 2 amide bonds. The monoisotopic (exact) mass is 380 g/mol. The summed E-state index contributed by atoms with van der Waals surface area (Å²) >= 11 is 1.73. The summed E-state index contributed by atoms with van der Waals surface area (Å²) in [6, 6.07) is 16.1. The molecule has 1 aliphatic rings. The van der Waals surface area contributed by atoms with E-state index in [4.69, 9.17) is 0 Å². The molecule has 3 rings (SSSR count). The Labute approximate surface area is 164 Å². The average Bonchev–Trinajstić information content (AvgIpc) is 3.11. The second-order valence-electron chi connectivity index (χ2n) is 6.53. The molecule has 0 atom stereocenters. The van der Waals surface area contributed by atoms with Gasteiger partial charge in [-0.2, -0.15) is 0 Å². The second-order valence-corrected chi connectivity index (χ2v) is 7.69. The van der Waals surface area contributed by atoms with Crippen LogP contribution in [0.2, 0.25) is 0 Å². The van der Waals surface area contributed by atoms with E-state index in [0.29, 0.717) is 13.0 Å². The van der Waals surface area contributed by atoms with Crippen molar-refractivity contribution in [3.05, 3.63) is 65.7 Å². The van der Waals surface area contributed by atoms with Gasteiger partial charge in [0, 0.05) is 41.9 Å². The van der Waals surface area contributed by atoms with Crippen molar-refractivity contribution in [2.45, 2.75) is 24.7 Å². The molecule has 0 spiro atoms. The quantitative estimate of drug-likeness (QED) is 0.448. The number of thioether (sulfide) groups is 1. The molecule has 2 aromatic rings. The van der Waals surface area contributed by atoms with Crippen LogP contribution in [0.15, 0.2) is 59.5 Å². The van der Waals surface area contributed by atoms with E-state index in [1.165, 1.54) is 10.5 Å². The molecule has 1 N–H and O–H groups in total. The van der Waals surface area contributed by atoms with Gasteiger partial charge in [0.15, 0.2) is 0 Å². The molecule has 0 radical (unpaired) electrons. The van der Waals surface area contributed by atoms with Crippen molar-refractivity contribution in [3.8, 4) is 0 Å². The van der Waals surface area contributed by atoms with Gasteiger partial charge in [0.2, 0.25) is 11.8 Å². The third-order valence-electron chi connectivity index (χ3n) is 4.40. The molecule has 1 fully saturated rings. The molecule has 27 heavy (non-hydrogen) atoms. The minimum Gasteiger partial charge on any atom is -0.352 e. The van der Waals surface area contributed by atoms with E-state index < -0.39 is 0 Å². The van der Waals surface area contributed by atoms with E-state index in [2.05, 4.69) is 36.5 Å². The Bertz CT molecular complexity index is 813. The SMILES string of the molecule is Cc1ccc(SCCNC(=O)/C=C/c2ccc(N3CCCC3=O)cc2)cc1. The van der Waals surface area contributed by atoms with Crippen LogP contribution in [0, 0.1) is 6.92 Å². The average molecular weight is 381 g/mol. The van der Waals surface area contributed by atoms with Gasteiger partial charge >= 0.3 is 0 Å². The Morgan fingerprint density at radius 3 is 2.56 bits per heavy atom. The largest absolute Gasteiger partial charge is 0.352 e. The first-order valence-corrected chi connectivity index (χ1v) is 10.2. The summed E-state index contributed by atoms with van der Waals surface area (Å²) in [7, 11) is 0. The lowest BCUT2D eigenvalue weighted by molar-refractivity contribution is -0.117. The summed E-state index contributed by atoms with van der Waals surface area (Å²) in [5, 5.41) is 2.90. The van der Waals surface area contributed by atoms with Crippen LogP contribution in [0.3, 0.4) is 0 Å². The maximum absolute atomic E-state index is 11.9. The van der Waals surface area contributed by atoms with E-state index in [0.717, 1.165) is 30.0 Å². The van der Waals surface area contributed by atoms with E-state index in [9.17, 15) is 9.59 Å². The van der Waals surface area contributed by atoms with Gasteiger partial charge in [-0.1, -0.05) is 29.8 Å². The first-order valence-electron chi connectivity index (χ1n) is 9.18. The van der Waals surface area contributed by atoms with Crippen LogP contribution in [0.5, 0.6) is 0 Å². The minimum atomic E-state index is -0.0988. The molecular formula is C22H24N2O2S.